The maximum absolute atomic E-state index is 13.6. The normalized spacial score (nSPS) is 10.4. The Bertz CT molecular complexity index is 990. The summed E-state index contributed by atoms with van der Waals surface area (Å²) in [5.41, 5.74) is 1.89. The smallest absolute Gasteiger partial charge is 0.255 e. The summed E-state index contributed by atoms with van der Waals surface area (Å²) >= 11 is 6.03. The number of rotatable bonds is 6. The van der Waals surface area contributed by atoms with Crippen LogP contribution in [-0.4, -0.2) is 18.4 Å². The molecule has 4 nitrogen and oxygen atoms in total. The number of anilines is 1. The molecule has 3 rings (SSSR count). The highest BCUT2D eigenvalue weighted by molar-refractivity contribution is 6.33. The maximum atomic E-state index is 13.6. The molecule has 0 aliphatic rings. The van der Waals surface area contributed by atoms with Crippen LogP contribution in [0, 0.1) is 5.82 Å². The predicted molar refractivity (Wildman–Crippen MR) is 108 cm³/mol. The average Bonchev–Trinajstić information content (AvgIpc) is 2.71. The zero-order chi connectivity index (χ0) is 19.9. The van der Waals surface area contributed by atoms with Crippen molar-refractivity contribution in [1.82, 2.24) is 5.32 Å². The van der Waals surface area contributed by atoms with Crippen molar-refractivity contribution in [3.05, 3.63) is 100 Å². The third kappa shape index (κ3) is 4.96. The molecule has 142 valence electrons. The van der Waals surface area contributed by atoms with Crippen LogP contribution in [0.25, 0.3) is 0 Å². The summed E-state index contributed by atoms with van der Waals surface area (Å²) in [7, 11) is 0. The second-order valence-electron chi connectivity index (χ2n) is 6.11. The van der Waals surface area contributed by atoms with Crippen molar-refractivity contribution in [2.75, 3.05) is 11.9 Å². The zero-order valence-electron chi connectivity index (χ0n) is 14.9. The molecule has 0 aromatic heterocycles. The van der Waals surface area contributed by atoms with Crippen LogP contribution in [0.1, 0.15) is 26.3 Å². The van der Waals surface area contributed by atoms with Crippen molar-refractivity contribution in [2.45, 2.75) is 6.42 Å². The van der Waals surface area contributed by atoms with Crippen molar-refractivity contribution < 1.29 is 14.0 Å². The topological polar surface area (TPSA) is 58.2 Å². The van der Waals surface area contributed by atoms with Crippen LogP contribution in [-0.2, 0) is 6.42 Å². The molecule has 0 atom stereocenters. The molecule has 2 N–H and O–H groups in total. The van der Waals surface area contributed by atoms with Gasteiger partial charge in [0.2, 0.25) is 0 Å². The highest BCUT2D eigenvalue weighted by Gasteiger charge is 2.10. The number of halogens is 2. The van der Waals surface area contributed by atoms with Gasteiger partial charge in [0.1, 0.15) is 5.82 Å². The summed E-state index contributed by atoms with van der Waals surface area (Å²) in [4.78, 5) is 24.5. The standard InChI is InChI=1S/C22H18ClFN2O2/c23-18-6-2-4-8-20(18)26-22(28)17-11-9-16(10-12-17)21(27)25-14-13-15-5-1-3-7-19(15)24/h1-12H,13-14H2,(H,25,27)(H,26,28). The van der Waals surface area contributed by atoms with Crippen molar-refractivity contribution in [3.8, 4) is 0 Å². The monoisotopic (exact) mass is 396 g/mol. The fraction of sp³-hybridized carbons (Fsp3) is 0.0909. The van der Waals surface area contributed by atoms with E-state index in [4.69, 9.17) is 11.6 Å². The molecule has 0 heterocycles. The Morgan fingerprint density at radius 1 is 0.821 bits per heavy atom. The molecule has 0 aliphatic carbocycles. The molecule has 3 aromatic carbocycles. The van der Waals surface area contributed by atoms with E-state index in [9.17, 15) is 14.0 Å². The third-order valence-electron chi connectivity index (χ3n) is 4.17. The van der Waals surface area contributed by atoms with Gasteiger partial charge in [0.25, 0.3) is 11.8 Å². The minimum Gasteiger partial charge on any atom is -0.352 e. The summed E-state index contributed by atoms with van der Waals surface area (Å²) in [5.74, 6) is -0.889. The first-order valence-corrected chi connectivity index (χ1v) is 9.10. The molecule has 6 heteroatoms. The van der Waals surface area contributed by atoms with E-state index >= 15 is 0 Å². The third-order valence-corrected chi connectivity index (χ3v) is 4.50. The first kappa shape index (κ1) is 19.6. The summed E-state index contributed by atoms with van der Waals surface area (Å²) in [6.45, 7) is 0.314. The Hall–Kier alpha value is -3.18. The molecule has 0 aliphatic heterocycles. The van der Waals surface area contributed by atoms with Gasteiger partial charge in [-0.2, -0.15) is 0 Å². The second kappa shape index (κ2) is 9.15. The van der Waals surface area contributed by atoms with Gasteiger partial charge >= 0.3 is 0 Å². The van der Waals surface area contributed by atoms with Crippen molar-refractivity contribution in [1.29, 1.82) is 0 Å². The van der Waals surface area contributed by atoms with E-state index in [2.05, 4.69) is 10.6 Å². The number of carbonyl (C=O) groups is 2. The number of hydrogen-bond acceptors (Lipinski definition) is 2. The van der Waals surface area contributed by atoms with Crippen LogP contribution in [0.3, 0.4) is 0 Å². The van der Waals surface area contributed by atoms with Crippen molar-refractivity contribution >= 4 is 29.1 Å². The minimum atomic E-state index is -0.320. The van der Waals surface area contributed by atoms with Gasteiger partial charge in [0.05, 0.1) is 10.7 Å². The highest BCUT2D eigenvalue weighted by Crippen LogP contribution is 2.21. The van der Waals surface area contributed by atoms with Crippen LogP contribution in [0.4, 0.5) is 10.1 Å². The van der Waals surface area contributed by atoms with Gasteiger partial charge in [0.15, 0.2) is 0 Å². The van der Waals surface area contributed by atoms with Crippen LogP contribution in [0.15, 0.2) is 72.8 Å². The Balaban J connectivity index is 1.56. The average molecular weight is 397 g/mol. The predicted octanol–water partition coefficient (Wildman–Crippen LogP) is 4.70. The van der Waals surface area contributed by atoms with E-state index < -0.39 is 0 Å². The molecule has 2 amide bonds. The number of hydrogen-bond donors (Lipinski definition) is 2. The number of para-hydroxylation sites is 1. The van der Waals surface area contributed by atoms with Crippen molar-refractivity contribution in [2.24, 2.45) is 0 Å². The molecular weight excluding hydrogens is 379 g/mol. The van der Waals surface area contributed by atoms with Crippen LogP contribution in [0.5, 0.6) is 0 Å². The fourth-order valence-electron chi connectivity index (χ4n) is 2.64. The zero-order valence-corrected chi connectivity index (χ0v) is 15.7. The van der Waals surface area contributed by atoms with Crippen molar-refractivity contribution in [3.63, 3.8) is 0 Å². The Morgan fingerprint density at radius 2 is 1.43 bits per heavy atom. The van der Waals surface area contributed by atoms with Gasteiger partial charge < -0.3 is 10.6 Å². The van der Waals surface area contributed by atoms with Crippen LogP contribution in [0.2, 0.25) is 5.02 Å². The number of benzene rings is 3. The van der Waals surface area contributed by atoms with Gasteiger partial charge in [-0.15, -0.1) is 0 Å². The maximum Gasteiger partial charge on any atom is 0.255 e. The van der Waals surface area contributed by atoms with Crippen LogP contribution >= 0.6 is 11.6 Å². The Labute approximate surface area is 167 Å². The Kier molecular flexibility index (Phi) is 6.40. The molecule has 3 aromatic rings. The molecule has 0 saturated heterocycles. The molecule has 0 fully saturated rings. The van der Waals surface area contributed by atoms with Gasteiger partial charge in [-0.25, -0.2) is 4.39 Å². The molecule has 0 unspecified atom stereocenters. The largest absolute Gasteiger partial charge is 0.352 e. The highest BCUT2D eigenvalue weighted by atomic mass is 35.5. The first-order chi connectivity index (χ1) is 13.5. The molecule has 0 radical (unpaired) electrons. The molecule has 0 bridgehead atoms. The number of nitrogens with one attached hydrogen (secondary N) is 2. The van der Waals surface area contributed by atoms with Gasteiger partial charge in [-0.3, -0.25) is 9.59 Å². The molecular formula is C22H18ClFN2O2. The lowest BCUT2D eigenvalue weighted by molar-refractivity contribution is 0.0952. The van der Waals surface area contributed by atoms with E-state index in [0.717, 1.165) is 0 Å². The van der Waals surface area contributed by atoms with Crippen LogP contribution < -0.4 is 10.6 Å². The van der Waals surface area contributed by atoms with E-state index in [1.807, 2.05) is 0 Å². The minimum absolute atomic E-state index is 0.283. The summed E-state index contributed by atoms with van der Waals surface area (Å²) < 4.78 is 13.6. The van der Waals surface area contributed by atoms with Gasteiger partial charge in [-0.1, -0.05) is 41.9 Å². The SMILES string of the molecule is O=C(NCCc1ccccc1F)c1ccc(C(=O)Nc2ccccc2Cl)cc1. The first-order valence-electron chi connectivity index (χ1n) is 8.72. The number of amides is 2. The van der Waals surface area contributed by atoms with E-state index in [1.165, 1.54) is 6.07 Å². The molecule has 0 spiro atoms. The lowest BCUT2D eigenvalue weighted by Crippen LogP contribution is -2.26. The van der Waals surface area contributed by atoms with Gasteiger partial charge in [0, 0.05) is 17.7 Å². The summed E-state index contributed by atoms with van der Waals surface area (Å²) in [6.07, 6.45) is 0.400. The quantitative estimate of drug-likeness (QED) is 0.634. The molecule has 28 heavy (non-hydrogen) atoms. The lowest BCUT2D eigenvalue weighted by atomic mass is 10.1. The number of carbonyl (C=O) groups excluding carboxylic acids is 2. The van der Waals surface area contributed by atoms with E-state index in [-0.39, 0.29) is 17.6 Å². The molecule has 0 saturated carbocycles. The summed E-state index contributed by atoms with van der Waals surface area (Å²) in [5, 5.41) is 5.92. The van der Waals surface area contributed by atoms with E-state index in [0.29, 0.717) is 40.4 Å². The van der Waals surface area contributed by atoms with Gasteiger partial charge in [-0.05, 0) is 54.4 Å². The Morgan fingerprint density at radius 3 is 2.11 bits per heavy atom. The van der Waals surface area contributed by atoms with E-state index in [1.54, 1.807) is 66.7 Å². The second-order valence-corrected chi connectivity index (χ2v) is 6.52. The fourth-order valence-corrected chi connectivity index (χ4v) is 2.83. The lowest BCUT2D eigenvalue weighted by Gasteiger charge is -2.08. The summed E-state index contributed by atoms with van der Waals surface area (Å²) in [6, 6.07) is 19.7.